The first-order chi connectivity index (χ1) is 9.67. The van der Waals surface area contributed by atoms with Gasteiger partial charge in [-0.15, -0.1) is 5.10 Å². The maximum absolute atomic E-state index is 5.28. The van der Waals surface area contributed by atoms with Gasteiger partial charge in [-0.1, -0.05) is 18.2 Å². The Bertz CT molecular complexity index is 570. The number of hydrogen-bond donors (Lipinski definition) is 1. The first-order valence-electron chi connectivity index (χ1n) is 6.58. The van der Waals surface area contributed by atoms with Crippen molar-refractivity contribution in [3.05, 3.63) is 40.1 Å². The molecule has 1 heterocycles. The lowest BCUT2D eigenvalue weighted by Gasteiger charge is -2.19. The molecule has 5 nitrogen and oxygen atoms in total. The molecule has 0 spiro atoms. The van der Waals surface area contributed by atoms with Crippen molar-refractivity contribution in [2.45, 2.75) is 19.4 Å². The zero-order valence-corrected chi connectivity index (χ0v) is 13.5. The Morgan fingerprint density at radius 2 is 2.25 bits per heavy atom. The minimum atomic E-state index is 0.0668. The van der Waals surface area contributed by atoms with Crippen LogP contribution in [0.25, 0.3) is 0 Å². The maximum atomic E-state index is 5.28. The summed E-state index contributed by atoms with van der Waals surface area (Å²) in [7, 11) is 3.57. The highest BCUT2D eigenvalue weighted by molar-refractivity contribution is 9.10. The van der Waals surface area contributed by atoms with Crippen molar-refractivity contribution >= 4 is 15.9 Å². The number of aromatic nitrogens is 3. The molecular formula is C14H19BrN4O. The molecule has 1 atom stereocenters. The number of nitrogens with zero attached hydrogens (tertiary/aromatic N) is 3. The van der Waals surface area contributed by atoms with Crippen molar-refractivity contribution in [1.29, 1.82) is 0 Å². The van der Waals surface area contributed by atoms with Crippen LogP contribution in [-0.4, -0.2) is 28.6 Å². The molecule has 0 bridgehead atoms. The lowest BCUT2D eigenvalue weighted by atomic mass is 10.0. The largest absolute Gasteiger partial charge is 0.496 e. The molecule has 0 aliphatic rings. The van der Waals surface area contributed by atoms with Gasteiger partial charge in [-0.25, -0.2) is 0 Å². The Balaban J connectivity index is 2.36. The highest BCUT2D eigenvalue weighted by atomic mass is 79.9. The lowest BCUT2D eigenvalue weighted by Crippen LogP contribution is -2.25. The van der Waals surface area contributed by atoms with Crippen LogP contribution >= 0.6 is 15.9 Å². The van der Waals surface area contributed by atoms with Crippen LogP contribution in [-0.2, 0) is 7.05 Å². The van der Waals surface area contributed by atoms with Crippen LogP contribution in [0.5, 0.6) is 5.75 Å². The quantitative estimate of drug-likeness (QED) is 0.879. The topological polar surface area (TPSA) is 52.0 Å². The van der Waals surface area contributed by atoms with Gasteiger partial charge in [0.1, 0.15) is 5.75 Å². The van der Waals surface area contributed by atoms with E-state index in [2.05, 4.69) is 50.6 Å². The van der Waals surface area contributed by atoms with Crippen LogP contribution in [0.15, 0.2) is 28.9 Å². The number of benzene rings is 1. The van der Waals surface area contributed by atoms with Gasteiger partial charge in [-0.2, -0.15) is 0 Å². The van der Waals surface area contributed by atoms with E-state index in [4.69, 9.17) is 4.74 Å². The predicted octanol–water partition coefficient (Wildman–Crippen LogP) is 2.68. The first kappa shape index (κ1) is 15.0. The molecule has 0 radical (unpaired) electrons. The van der Waals surface area contributed by atoms with Crippen molar-refractivity contribution in [1.82, 2.24) is 20.3 Å². The SMILES string of the molecule is CCCNC(c1ccc(OC)c(Br)c1)c1cnnn1C. The van der Waals surface area contributed by atoms with E-state index in [1.165, 1.54) is 0 Å². The summed E-state index contributed by atoms with van der Waals surface area (Å²) in [5.74, 6) is 0.825. The fourth-order valence-electron chi connectivity index (χ4n) is 2.10. The molecule has 0 aliphatic heterocycles. The number of ether oxygens (including phenoxy) is 1. The lowest BCUT2D eigenvalue weighted by molar-refractivity contribution is 0.411. The zero-order valence-electron chi connectivity index (χ0n) is 11.9. The molecule has 1 aromatic heterocycles. The molecule has 1 N–H and O–H groups in total. The van der Waals surface area contributed by atoms with Crippen molar-refractivity contribution in [2.75, 3.05) is 13.7 Å². The molecule has 0 saturated heterocycles. The van der Waals surface area contributed by atoms with E-state index >= 15 is 0 Å². The number of nitrogens with one attached hydrogen (secondary N) is 1. The summed E-state index contributed by atoms with van der Waals surface area (Å²) in [6.07, 6.45) is 2.87. The third kappa shape index (κ3) is 3.19. The summed E-state index contributed by atoms with van der Waals surface area (Å²) in [6.45, 7) is 3.08. The second kappa shape index (κ2) is 6.85. The third-order valence-electron chi connectivity index (χ3n) is 3.15. The molecule has 20 heavy (non-hydrogen) atoms. The van der Waals surface area contributed by atoms with Gasteiger partial charge < -0.3 is 10.1 Å². The molecule has 1 aromatic carbocycles. The van der Waals surface area contributed by atoms with Crippen LogP contribution in [0.4, 0.5) is 0 Å². The van der Waals surface area contributed by atoms with Crippen LogP contribution in [0.3, 0.4) is 0 Å². The van der Waals surface area contributed by atoms with Crippen molar-refractivity contribution in [2.24, 2.45) is 7.05 Å². The van der Waals surface area contributed by atoms with Gasteiger partial charge in [-0.3, -0.25) is 4.68 Å². The van der Waals surface area contributed by atoms with E-state index in [1.54, 1.807) is 18.0 Å². The minimum absolute atomic E-state index is 0.0668. The molecule has 0 saturated carbocycles. The van der Waals surface area contributed by atoms with Gasteiger partial charge in [-0.05, 0) is 46.6 Å². The summed E-state index contributed by atoms with van der Waals surface area (Å²) in [5.41, 5.74) is 2.19. The minimum Gasteiger partial charge on any atom is -0.496 e. The average Bonchev–Trinajstić information content (AvgIpc) is 2.86. The van der Waals surface area contributed by atoms with Gasteiger partial charge in [0, 0.05) is 7.05 Å². The van der Waals surface area contributed by atoms with Crippen molar-refractivity contribution in [3.63, 3.8) is 0 Å². The highest BCUT2D eigenvalue weighted by Gasteiger charge is 2.18. The summed E-state index contributed by atoms with van der Waals surface area (Å²) in [5, 5.41) is 11.5. The monoisotopic (exact) mass is 338 g/mol. The Morgan fingerprint density at radius 3 is 2.80 bits per heavy atom. The molecule has 0 fully saturated rings. The van der Waals surface area contributed by atoms with E-state index in [0.717, 1.165) is 34.4 Å². The zero-order chi connectivity index (χ0) is 14.5. The van der Waals surface area contributed by atoms with Crippen LogP contribution in [0.2, 0.25) is 0 Å². The summed E-state index contributed by atoms with van der Waals surface area (Å²) in [4.78, 5) is 0. The second-order valence-corrected chi connectivity index (χ2v) is 5.42. The van der Waals surface area contributed by atoms with E-state index in [-0.39, 0.29) is 6.04 Å². The molecule has 108 valence electrons. The van der Waals surface area contributed by atoms with Gasteiger partial charge in [0.05, 0.1) is 29.5 Å². The Kier molecular flexibility index (Phi) is 5.14. The number of hydrogen-bond acceptors (Lipinski definition) is 4. The number of aryl methyl sites for hydroxylation is 1. The molecule has 1 unspecified atom stereocenters. The fraction of sp³-hybridized carbons (Fsp3) is 0.429. The normalized spacial score (nSPS) is 12.4. The average molecular weight is 339 g/mol. The smallest absolute Gasteiger partial charge is 0.133 e. The van der Waals surface area contributed by atoms with Gasteiger partial charge in [0.25, 0.3) is 0 Å². The molecule has 2 aromatic rings. The van der Waals surface area contributed by atoms with E-state index in [0.29, 0.717) is 0 Å². The van der Waals surface area contributed by atoms with Crippen molar-refractivity contribution in [3.8, 4) is 5.75 Å². The van der Waals surface area contributed by atoms with Crippen LogP contribution < -0.4 is 10.1 Å². The molecule has 0 aliphatic carbocycles. The Hall–Kier alpha value is -1.40. The Morgan fingerprint density at radius 1 is 1.45 bits per heavy atom. The second-order valence-electron chi connectivity index (χ2n) is 4.56. The summed E-state index contributed by atoms with van der Waals surface area (Å²) < 4.78 is 8.02. The first-order valence-corrected chi connectivity index (χ1v) is 7.38. The highest BCUT2D eigenvalue weighted by Crippen LogP contribution is 2.30. The van der Waals surface area contributed by atoms with Gasteiger partial charge in [0.15, 0.2) is 0 Å². The molecule has 6 heteroatoms. The van der Waals surface area contributed by atoms with Gasteiger partial charge in [0.2, 0.25) is 0 Å². The maximum Gasteiger partial charge on any atom is 0.133 e. The number of methoxy groups -OCH3 is 1. The Labute approximate surface area is 127 Å². The van der Waals surface area contributed by atoms with Crippen LogP contribution in [0.1, 0.15) is 30.6 Å². The fourth-order valence-corrected chi connectivity index (χ4v) is 2.66. The van der Waals surface area contributed by atoms with E-state index in [1.807, 2.05) is 13.1 Å². The molecular weight excluding hydrogens is 320 g/mol. The number of rotatable bonds is 6. The summed E-state index contributed by atoms with van der Waals surface area (Å²) in [6, 6.07) is 6.16. The van der Waals surface area contributed by atoms with Crippen molar-refractivity contribution < 1.29 is 4.74 Å². The van der Waals surface area contributed by atoms with Crippen LogP contribution in [0, 0.1) is 0 Å². The molecule has 0 amide bonds. The number of halogens is 1. The third-order valence-corrected chi connectivity index (χ3v) is 3.77. The predicted molar refractivity (Wildman–Crippen MR) is 81.8 cm³/mol. The van der Waals surface area contributed by atoms with Gasteiger partial charge >= 0.3 is 0 Å². The standard InChI is InChI=1S/C14H19BrN4O/c1-4-7-16-14(12-9-17-18-19(12)2)10-5-6-13(20-3)11(15)8-10/h5-6,8-9,14,16H,4,7H2,1-3H3. The summed E-state index contributed by atoms with van der Waals surface area (Å²) >= 11 is 3.53. The van der Waals surface area contributed by atoms with E-state index < -0.39 is 0 Å². The molecule has 2 rings (SSSR count). The van der Waals surface area contributed by atoms with E-state index in [9.17, 15) is 0 Å².